The van der Waals surface area contributed by atoms with Crippen LogP contribution in [0.2, 0.25) is 0 Å². The van der Waals surface area contributed by atoms with Gasteiger partial charge in [-0.2, -0.15) is 0 Å². The Morgan fingerprint density at radius 2 is 1.83 bits per heavy atom. The summed E-state index contributed by atoms with van der Waals surface area (Å²) >= 11 is 0. The molecule has 0 saturated carbocycles. The van der Waals surface area contributed by atoms with Gasteiger partial charge in [-0.3, -0.25) is 4.79 Å². The van der Waals surface area contributed by atoms with Crippen LogP contribution in [0.4, 0.5) is 4.79 Å². The lowest BCUT2D eigenvalue weighted by atomic mass is 9.77. The van der Waals surface area contributed by atoms with Crippen LogP contribution in [-0.4, -0.2) is 42.2 Å². The predicted octanol–water partition coefficient (Wildman–Crippen LogP) is 3.77. The number of carbonyl (C=O) groups is 2. The summed E-state index contributed by atoms with van der Waals surface area (Å²) in [5.41, 5.74) is 1.82. The molecule has 8 heteroatoms. The molecule has 1 saturated heterocycles. The number of aldehydes is 1. The Kier molecular flexibility index (Phi) is 6.48. The van der Waals surface area contributed by atoms with Crippen LogP contribution in [0, 0.1) is 0 Å². The van der Waals surface area contributed by atoms with E-state index in [1.54, 1.807) is 12.3 Å². The number of aromatic amines is 1. The third-order valence-electron chi connectivity index (χ3n) is 5.41. The first-order valence-electron chi connectivity index (χ1n) is 9.84. The van der Waals surface area contributed by atoms with Crippen molar-refractivity contribution in [2.24, 2.45) is 0 Å². The number of H-pyrrole nitrogens is 1. The Morgan fingerprint density at radius 3 is 2.43 bits per heavy atom. The van der Waals surface area contributed by atoms with Crippen molar-refractivity contribution in [2.75, 3.05) is 6.54 Å². The smallest absolute Gasteiger partial charge is 0.445 e. The molecule has 0 atom stereocenters. The number of ether oxygens (including phenoxy) is 1. The quantitative estimate of drug-likeness (QED) is 0.536. The highest BCUT2D eigenvalue weighted by Gasteiger charge is 2.52. The van der Waals surface area contributed by atoms with Crippen molar-refractivity contribution in [3.63, 3.8) is 0 Å². The van der Waals surface area contributed by atoms with Crippen molar-refractivity contribution in [2.45, 2.75) is 45.5 Å². The van der Waals surface area contributed by atoms with Gasteiger partial charge in [-0.1, -0.05) is 36.4 Å². The van der Waals surface area contributed by atoms with E-state index in [-0.39, 0.29) is 13.2 Å². The van der Waals surface area contributed by atoms with Crippen molar-refractivity contribution in [1.82, 2.24) is 10.3 Å². The average molecular weight is 410 g/mol. The number of amides is 1. The van der Waals surface area contributed by atoms with Crippen molar-refractivity contribution in [1.29, 1.82) is 0 Å². The maximum Gasteiger partial charge on any atom is 0.492 e. The molecule has 0 bridgehead atoms. The normalized spacial score (nSPS) is 17.6. The van der Waals surface area contributed by atoms with Crippen molar-refractivity contribution in [3.05, 3.63) is 64.9 Å². The molecule has 158 valence electrons. The lowest BCUT2D eigenvalue weighted by molar-refractivity contribution is 0.00578. The fraction of sp³-hybridized carbons (Fsp3) is 0.364. The molecule has 1 amide bonds. The van der Waals surface area contributed by atoms with Gasteiger partial charge in [0.05, 0.1) is 16.9 Å². The van der Waals surface area contributed by atoms with E-state index in [1.807, 2.05) is 64.1 Å². The van der Waals surface area contributed by atoms with Gasteiger partial charge < -0.3 is 24.3 Å². The molecular formula is C22H27BN2O5. The summed E-state index contributed by atoms with van der Waals surface area (Å²) in [6.45, 7) is 8.22. The van der Waals surface area contributed by atoms with E-state index >= 15 is 0 Å². The van der Waals surface area contributed by atoms with Gasteiger partial charge in [-0.25, -0.2) is 4.79 Å². The molecule has 2 N–H and O–H groups in total. The van der Waals surface area contributed by atoms with Crippen molar-refractivity contribution < 1.29 is 23.6 Å². The third-order valence-corrected chi connectivity index (χ3v) is 5.41. The molecule has 1 aliphatic heterocycles. The standard InChI is InChI=1S/C22H27BN2O5/c1-21(2)22(3,4)30-23(29-21)18(10-17-11-19(14-26)24-12-17)13-25-20(27)28-15-16-8-6-5-7-9-16/h5-12,14,24H,13,15H2,1-4H3,(H,25,27). The maximum absolute atomic E-state index is 12.2. The van der Waals surface area contributed by atoms with E-state index in [1.165, 1.54) is 0 Å². The van der Waals surface area contributed by atoms with E-state index in [2.05, 4.69) is 10.3 Å². The molecule has 1 fully saturated rings. The van der Waals surface area contributed by atoms with Crippen LogP contribution in [0.3, 0.4) is 0 Å². The minimum absolute atomic E-state index is 0.173. The second-order valence-corrected chi connectivity index (χ2v) is 8.23. The van der Waals surface area contributed by atoms with Gasteiger partial charge >= 0.3 is 13.2 Å². The van der Waals surface area contributed by atoms with Gasteiger partial charge in [-0.05, 0) is 50.4 Å². The van der Waals surface area contributed by atoms with Gasteiger partial charge in [-0.15, -0.1) is 0 Å². The largest absolute Gasteiger partial charge is 0.492 e. The molecule has 2 heterocycles. The molecule has 3 rings (SSSR count). The fourth-order valence-corrected chi connectivity index (χ4v) is 2.94. The van der Waals surface area contributed by atoms with Crippen molar-refractivity contribution >= 4 is 25.6 Å². The third kappa shape index (κ3) is 5.20. The van der Waals surface area contributed by atoms with E-state index in [0.29, 0.717) is 11.2 Å². The van der Waals surface area contributed by atoms with E-state index in [0.717, 1.165) is 17.4 Å². The number of carbonyl (C=O) groups excluding carboxylic acids is 2. The summed E-state index contributed by atoms with van der Waals surface area (Å²) in [5.74, 6) is 0. The van der Waals surface area contributed by atoms with Crippen LogP contribution in [0.5, 0.6) is 0 Å². The summed E-state index contributed by atoms with van der Waals surface area (Å²) in [5, 5.41) is 2.76. The highest BCUT2D eigenvalue weighted by atomic mass is 16.7. The number of rotatable bonds is 7. The zero-order valence-corrected chi connectivity index (χ0v) is 17.7. The lowest BCUT2D eigenvalue weighted by Gasteiger charge is -2.32. The van der Waals surface area contributed by atoms with E-state index in [9.17, 15) is 9.59 Å². The molecule has 2 aromatic rings. The van der Waals surface area contributed by atoms with Crippen LogP contribution in [0.25, 0.3) is 6.08 Å². The summed E-state index contributed by atoms with van der Waals surface area (Å²) in [6.07, 6.45) is 3.75. The van der Waals surface area contributed by atoms with Gasteiger partial charge in [0.15, 0.2) is 6.29 Å². The van der Waals surface area contributed by atoms with Crippen LogP contribution < -0.4 is 5.32 Å². The minimum atomic E-state index is -0.640. The highest BCUT2D eigenvalue weighted by Crippen LogP contribution is 2.38. The van der Waals surface area contributed by atoms with Gasteiger partial charge in [0.1, 0.15) is 6.61 Å². The highest BCUT2D eigenvalue weighted by molar-refractivity contribution is 6.56. The fourth-order valence-electron chi connectivity index (χ4n) is 2.94. The Balaban J connectivity index is 1.70. The molecule has 0 aliphatic carbocycles. The molecule has 0 unspecified atom stereocenters. The molecule has 0 radical (unpaired) electrons. The van der Waals surface area contributed by atoms with E-state index < -0.39 is 24.4 Å². The molecule has 1 aliphatic rings. The van der Waals surface area contributed by atoms with Crippen LogP contribution >= 0.6 is 0 Å². The molecule has 0 spiro atoms. The van der Waals surface area contributed by atoms with Gasteiger partial charge in [0.2, 0.25) is 0 Å². The maximum atomic E-state index is 12.2. The lowest BCUT2D eigenvalue weighted by Crippen LogP contribution is -2.41. The number of hydrogen-bond acceptors (Lipinski definition) is 5. The van der Waals surface area contributed by atoms with Gasteiger partial charge in [0, 0.05) is 12.7 Å². The number of hydrogen-bond donors (Lipinski definition) is 2. The van der Waals surface area contributed by atoms with Gasteiger partial charge in [0.25, 0.3) is 0 Å². The zero-order chi connectivity index (χ0) is 21.8. The summed E-state index contributed by atoms with van der Waals surface area (Å²) in [7, 11) is -0.640. The number of benzene rings is 1. The second-order valence-electron chi connectivity index (χ2n) is 8.23. The Morgan fingerprint density at radius 1 is 1.17 bits per heavy atom. The second kappa shape index (κ2) is 8.89. The summed E-state index contributed by atoms with van der Waals surface area (Å²) < 4.78 is 17.5. The molecule has 1 aromatic heterocycles. The molecule has 1 aromatic carbocycles. The topological polar surface area (TPSA) is 89.7 Å². The molecule has 30 heavy (non-hydrogen) atoms. The Bertz CT molecular complexity index is 905. The molecular weight excluding hydrogens is 383 g/mol. The van der Waals surface area contributed by atoms with Crippen LogP contribution in [0.15, 0.2) is 48.1 Å². The minimum Gasteiger partial charge on any atom is -0.445 e. The first kappa shape index (κ1) is 21.9. The SMILES string of the molecule is CC1(C)OB(C(=Cc2c[nH]c(C=O)c2)CNC(=O)OCc2ccccc2)OC1(C)C. The summed E-state index contributed by atoms with van der Waals surface area (Å²) in [6, 6.07) is 11.2. The Hall–Kier alpha value is -2.84. The summed E-state index contributed by atoms with van der Waals surface area (Å²) in [4.78, 5) is 26.0. The van der Waals surface area contributed by atoms with Crippen molar-refractivity contribution in [3.8, 4) is 0 Å². The number of nitrogens with one attached hydrogen (secondary N) is 2. The van der Waals surface area contributed by atoms with E-state index in [4.69, 9.17) is 14.0 Å². The zero-order valence-electron chi connectivity index (χ0n) is 17.7. The first-order valence-corrected chi connectivity index (χ1v) is 9.84. The van der Waals surface area contributed by atoms with Crippen LogP contribution in [-0.2, 0) is 20.7 Å². The van der Waals surface area contributed by atoms with Crippen LogP contribution in [0.1, 0.15) is 49.3 Å². The molecule has 7 nitrogen and oxygen atoms in total. The number of aromatic nitrogens is 1. The average Bonchev–Trinajstić information content (AvgIpc) is 3.25. The number of alkyl carbamates (subject to hydrolysis) is 1. The predicted molar refractivity (Wildman–Crippen MR) is 115 cm³/mol. The first-order chi connectivity index (χ1) is 14.2. The monoisotopic (exact) mass is 410 g/mol. The Labute approximate surface area is 176 Å².